The van der Waals surface area contributed by atoms with Gasteiger partial charge in [-0.25, -0.2) is 4.39 Å². The largest absolute Gasteiger partial charge is 0.508 e. The molecule has 2 heterocycles. The number of carbonyl (C=O) groups excluding carboxylic acids is 3. The van der Waals surface area contributed by atoms with Crippen molar-refractivity contribution in [3.05, 3.63) is 59.4 Å². The van der Waals surface area contributed by atoms with E-state index in [4.69, 9.17) is 0 Å². The average Bonchev–Trinajstić information content (AvgIpc) is 3.17. The highest BCUT2D eigenvalue weighted by molar-refractivity contribution is 6.00. The fourth-order valence-electron chi connectivity index (χ4n) is 4.35. The number of ketones is 1. The summed E-state index contributed by atoms with van der Waals surface area (Å²) in [7, 11) is 0. The molecule has 2 saturated heterocycles. The Morgan fingerprint density at radius 1 is 1.03 bits per heavy atom. The summed E-state index contributed by atoms with van der Waals surface area (Å²) in [6, 6.07) is 10.9. The normalized spacial score (nSPS) is 19.7. The second kappa shape index (κ2) is 8.49. The van der Waals surface area contributed by atoms with Gasteiger partial charge in [-0.1, -0.05) is 6.07 Å². The van der Waals surface area contributed by atoms with Gasteiger partial charge in [0, 0.05) is 43.2 Å². The number of aryl methyl sites for hydroxylation is 1. The van der Waals surface area contributed by atoms with Crippen LogP contribution in [0.4, 0.5) is 10.1 Å². The number of amides is 2. The molecule has 31 heavy (non-hydrogen) atoms. The first-order valence-electron chi connectivity index (χ1n) is 10.5. The molecule has 0 aliphatic carbocycles. The molecular formula is C24H25FN2O4. The van der Waals surface area contributed by atoms with E-state index in [-0.39, 0.29) is 48.0 Å². The number of benzene rings is 2. The van der Waals surface area contributed by atoms with Gasteiger partial charge in [0.05, 0.1) is 5.92 Å². The van der Waals surface area contributed by atoms with Crippen molar-refractivity contribution < 1.29 is 23.9 Å². The zero-order valence-electron chi connectivity index (χ0n) is 17.4. The van der Waals surface area contributed by atoms with Crippen LogP contribution in [-0.4, -0.2) is 47.2 Å². The van der Waals surface area contributed by atoms with Crippen molar-refractivity contribution in [2.24, 2.45) is 11.8 Å². The molecule has 2 aromatic rings. The minimum Gasteiger partial charge on any atom is -0.508 e. The van der Waals surface area contributed by atoms with Crippen LogP contribution in [0.3, 0.4) is 0 Å². The van der Waals surface area contributed by atoms with Gasteiger partial charge < -0.3 is 14.9 Å². The second-order valence-electron chi connectivity index (χ2n) is 8.35. The number of hydrogen-bond acceptors (Lipinski definition) is 4. The summed E-state index contributed by atoms with van der Waals surface area (Å²) in [6.07, 6.45) is 1.25. The number of phenols is 1. The number of carbonyl (C=O) groups is 3. The van der Waals surface area contributed by atoms with E-state index in [2.05, 4.69) is 0 Å². The highest BCUT2D eigenvalue weighted by Gasteiger charge is 2.38. The Balaban J connectivity index is 1.35. The molecule has 0 spiro atoms. The van der Waals surface area contributed by atoms with Crippen LogP contribution in [0.5, 0.6) is 5.75 Å². The molecule has 0 aromatic heterocycles. The zero-order valence-corrected chi connectivity index (χ0v) is 17.4. The van der Waals surface area contributed by atoms with Crippen molar-refractivity contribution in [3.8, 4) is 5.75 Å². The minimum atomic E-state index is -0.457. The van der Waals surface area contributed by atoms with Crippen LogP contribution >= 0.6 is 0 Å². The van der Waals surface area contributed by atoms with Crippen LogP contribution in [0.1, 0.15) is 35.2 Å². The van der Waals surface area contributed by atoms with Crippen molar-refractivity contribution in [3.63, 3.8) is 0 Å². The molecule has 0 saturated carbocycles. The highest BCUT2D eigenvalue weighted by Crippen LogP contribution is 2.29. The Morgan fingerprint density at radius 3 is 2.35 bits per heavy atom. The van der Waals surface area contributed by atoms with Crippen molar-refractivity contribution in [2.75, 3.05) is 24.5 Å². The summed E-state index contributed by atoms with van der Waals surface area (Å²) in [5, 5.41) is 9.38. The van der Waals surface area contributed by atoms with Gasteiger partial charge in [0.15, 0.2) is 5.78 Å². The molecule has 0 radical (unpaired) electrons. The zero-order chi connectivity index (χ0) is 22.1. The van der Waals surface area contributed by atoms with E-state index in [9.17, 15) is 23.9 Å². The van der Waals surface area contributed by atoms with E-state index in [1.54, 1.807) is 36.1 Å². The van der Waals surface area contributed by atoms with E-state index in [0.717, 1.165) is 0 Å². The summed E-state index contributed by atoms with van der Waals surface area (Å²) < 4.78 is 13.9. The van der Waals surface area contributed by atoms with Gasteiger partial charge >= 0.3 is 0 Å². The molecule has 1 N–H and O–H groups in total. The number of halogens is 1. The second-order valence-corrected chi connectivity index (χ2v) is 8.35. The van der Waals surface area contributed by atoms with Crippen LogP contribution in [0.25, 0.3) is 0 Å². The monoisotopic (exact) mass is 424 g/mol. The molecule has 1 atom stereocenters. The van der Waals surface area contributed by atoms with E-state index in [0.29, 0.717) is 42.7 Å². The first-order chi connectivity index (χ1) is 14.8. The molecule has 4 rings (SSSR count). The predicted octanol–water partition coefficient (Wildman–Crippen LogP) is 3.31. The third kappa shape index (κ3) is 4.31. The Bertz CT molecular complexity index is 1010. The minimum absolute atomic E-state index is 0.0238. The van der Waals surface area contributed by atoms with E-state index in [1.807, 2.05) is 0 Å². The predicted molar refractivity (Wildman–Crippen MR) is 113 cm³/mol. The molecule has 2 amide bonds. The lowest BCUT2D eigenvalue weighted by Crippen LogP contribution is -2.43. The third-order valence-corrected chi connectivity index (χ3v) is 6.27. The van der Waals surface area contributed by atoms with Gasteiger partial charge in [0.25, 0.3) is 0 Å². The standard InChI is InChI=1S/C24H25FN2O4/c1-15-2-5-19(13-21(15)25)27-14-18(12-22(27)29)24(31)26-10-8-17(9-11-26)23(30)16-3-6-20(28)7-4-16/h2-7,13,17-18,28H,8-12,14H2,1H3/t18-/m1/s1. The maximum atomic E-state index is 13.9. The molecule has 6 nitrogen and oxygen atoms in total. The van der Waals surface area contributed by atoms with Crippen LogP contribution < -0.4 is 4.90 Å². The van der Waals surface area contributed by atoms with Gasteiger partial charge in [-0.3, -0.25) is 14.4 Å². The number of aromatic hydroxyl groups is 1. The van der Waals surface area contributed by atoms with Crippen molar-refractivity contribution >= 4 is 23.3 Å². The fraction of sp³-hybridized carbons (Fsp3) is 0.375. The molecule has 162 valence electrons. The molecule has 0 unspecified atom stereocenters. The maximum Gasteiger partial charge on any atom is 0.228 e. The first-order valence-corrected chi connectivity index (χ1v) is 10.5. The molecule has 2 aromatic carbocycles. The molecule has 2 aliphatic heterocycles. The number of anilines is 1. The lowest BCUT2D eigenvalue weighted by Gasteiger charge is -2.33. The van der Waals surface area contributed by atoms with Crippen LogP contribution in [-0.2, 0) is 9.59 Å². The van der Waals surface area contributed by atoms with Gasteiger partial charge in [-0.15, -0.1) is 0 Å². The van der Waals surface area contributed by atoms with Gasteiger partial charge in [0.1, 0.15) is 11.6 Å². The molecule has 0 bridgehead atoms. The SMILES string of the molecule is Cc1ccc(N2C[C@H](C(=O)N3CCC(C(=O)c4ccc(O)cc4)CC3)CC2=O)cc1F. The Kier molecular flexibility index (Phi) is 5.76. The number of hydrogen-bond donors (Lipinski definition) is 1. The third-order valence-electron chi connectivity index (χ3n) is 6.27. The number of nitrogens with zero attached hydrogens (tertiary/aromatic N) is 2. The number of phenolic OH excluding ortho intramolecular Hbond substituents is 1. The Labute approximate surface area is 180 Å². The summed E-state index contributed by atoms with van der Waals surface area (Å²) in [4.78, 5) is 41.3. The van der Waals surface area contributed by atoms with E-state index >= 15 is 0 Å². The summed E-state index contributed by atoms with van der Waals surface area (Å²) in [5.74, 6) is -1.12. The van der Waals surface area contributed by atoms with Crippen molar-refractivity contribution in [1.82, 2.24) is 4.90 Å². The smallest absolute Gasteiger partial charge is 0.228 e. The lowest BCUT2D eigenvalue weighted by atomic mass is 9.88. The first kappa shape index (κ1) is 21.0. The average molecular weight is 424 g/mol. The maximum absolute atomic E-state index is 13.9. The number of rotatable bonds is 4. The Morgan fingerprint density at radius 2 is 1.71 bits per heavy atom. The van der Waals surface area contributed by atoms with Gasteiger partial charge in [-0.2, -0.15) is 0 Å². The summed E-state index contributed by atoms with van der Waals surface area (Å²) >= 11 is 0. The van der Waals surface area contributed by atoms with Crippen molar-refractivity contribution in [1.29, 1.82) is 0 Å². The lowest BCUT2D eigenvalue weighted by molar-refractivity contribution is -0.137. The van der Waals surface area contributed by atoms with Crippen LogP contribution in [0, 0.1) is 24.6 Å². The summed E-state index contributed by atoms with van der Waals surface area (Å²) in [6.45, 7) is 2.84. The van der Waals surface area contributed by atoms with E-state index in [1.165, 1.54) is 23.1 Å². The number of likely N-dealkylation sites (tertiary alicyclic amines) is 1. The highest BCUT2D eigenvalue weighted by atomic mass is 19.1. The molecular weight excluding hydrogens is 399 g/mol. The number of piperidine rings is 1. The Hall–Kier alpha value is -3.22. The van der Waals surface area contributed by atoms with Crippen molar-refractivity contribution in [2.45, 2.75) is 26.2 Å². The molecule has 2 aliphatic rings. The van der Waals surface area contributed by atoms with E-state index < -0.39 is 5.92 Å². The van der Waals surface area contributed by atoms with Crippen LogP contribution in [0.2, 0.25) is 0 Å². The quantitative estimate of drug-likeness (QED) is 0.764. The fourth-order valence-corrected chi connectivity index (χ4v) is 4.35. The topological polar surface area (TPSA) is 77.9 Å². The number of Topliss-reactive ketones (excluding diaryl/α,β-unsaturated/α-hetero) is 1. The van der Waals surface area contributed by atoms with Gasteiger partial charge in [0.2, 0.25) is 11.8 Å². The summed E-state index contributed by atoms with van der Waals surface area (Å²) in [5.41, 5.74) is 1.54. The molecule has 7 heteroatoms. The molecule has 2 fully saturated rings. The van der Waals surface area contributed by atoms with Crippen LogP contribution in [0.15, 0.2) is 42.5 Å². The van der Waals surface area contributed by atoms with Gasteiger partial charge in [-0.05, 0) is 61.7 Å².